The number of hydrogen-bond donors (Lipinski definition) is 1. The highest BCUT2D eigenvalue weighted by Crippen LogP contribution is 2.25. The molecule has 26 heavy (non-hydrogen) atoms. The van der Waals surface area contributed by atoms with Crippen LogP contribution in [0.4, 0.5) is 0 Å². The van der Waals surface area contributed by atoms with Crippen LogP contribution in [0.5, 0.6) is 5.75 Å². The van der Waals surface area contributed by atoms with Gasteiger partial charge in [0.25, 0.3) is 5.91 Å². The van der Waals surface area contributed by atoms with Crippen molar-refractivity contribution in [2.24, 2.45) is 0 Å². The van der Waals surface area contributed by atoms with Gasteiger partial charge in [-0.3, -0.25) is 9.78 Å². The van der Waals surface area contributed by atoms with E-state index in [1.807, 2.05) is 39.0 Å². The maximum atomic E-state index is 12.0. The predicted molar refractivity (Wildman–Crippen MR) is 95.5 cm³/mol. The molecule has 0 saturated heterocycles. The van der Waals surface area contributed by atoms with E-state index in [4.69, 9.17) is 9.26 Å². The Bertz CT molecular complexity index is 906. The first-order valence-corrected chi connectivity index (χ1v) is 8.24. The second-order valence-corrected chi connectivity index (χ2v) is 5.97. The van der Waals surface area contributed by atoms with Gasteiger partial charge in [-0.1, -0.05) is 17.3 Å². The van der Waals surface area contributed by atoms with E-state index in [9.17, 15) is 4.79 Å². The summed E-state index contributed by atoms with van der Waals surface area (Å²) in [6.45, 7) is 6.01. The summed E-state index contributed by atoms with van der Waals surface area (Å²) in [6.07, 6.45) is 3.32. The molecule has 0 fully saturated rings. The summed E-state index contributed by atoms with van der Waals surface area (Å²) in [5.41, 5.74) is 3.91. The zero-order chi connectivity index (χ0) is 18.5. The molecule has 3 aromatic rings. The molecule has 7 nitrogen and oxygen atoms in total. The van der Waals surface area contributed by atoms with Crippen molar-refractivity contribution in [2.45, 2.75) is 27.3 Å². The van der Waals surface area contributed by atoms with Crippen LogP contribution in [0, 0.1) is 20.8 Å². The highest BCUT2D eigenvalue weighted by atomic mass is 16.5. The van der Waals surface area contributed by atoms with Gasteiger partial charge in [-0.2, -0.15) is 4.98 Å². The van der Waals surface area contributed by atoms with Gasteiger partial charge in [0.1, 0.15) is 5.75 Å². The molecule has 0 aliphatic rings. The van der Waals surface area contributed by atoms with Gasteiger partial charge in [0.15, 0.2) is 6.61 Å². The predicted octanol–water partition coefficient (Wildman–Crippen LogP) is 2.75. The Morgan fingerprint density at radius 1 is 1.19 bits per heavy atom. The molecule has 0 saturated carbocycles. The number of aryl methyl sites for hydroxylation is 2. The highest BCUT2D eigenvalue weighted by molar-refractivity contribution is 5.77. The normalized spacial score (nSPS) is 10.6. The number of rotatable bonds is 6. The molecule has 2 heterocycles. The first kappa shape index (κ1) is 17.6. The summed E-state index contributed by atoms with van der Waals surface area (Å²) in [7, 11) is 0. The van der Waals surface area contributed by atoms with Gasteiger partial charge >= 0.3 is 0 Å². The number of pyridine rings is 1. The van der Waals surface area contributed by atoms with Crippen molar-refractivity contribution in [3.05, 3.63) is 59.2 Å². The Kier molecular flexibility index (Phi) is 5.26. The zero-order valence-corrected chi connectivity index (χ0v) is 14.9. The molecule has 0 aliphatic carbocycles. The number of amides is 1. The van der Waals surface area contributed by atoms with E-state index >= 15 is 0 Å². The lowest BCUT2D eigenvalue weighted by molar-refractivity contribution is -0.123. The third-order valence-electron chi connectivity index (χ3n) is 4.05. The van der Waals surface area contributed by atoms with Crippen molar-refractivity contribution in [1.82, 2.24) is 20.4 Å². The third-order valence-corrected chi connectivity index (χ3v) is 4.05. The van der Waals surface area contributed by atoms with E-state index in [-0.39, 0.29) is 19.1 Å². The van der Waals surface area contributed by atoms with Crippen LogP contribution in [0.1, 0.15) is 22.6 Å². The lowest BCUT2D eigenvalue weighted by Crippen LogP contribution is -2.28. The Labute approximate surface area is 151 Å². The molecule has 0 aliphatic heterocycles. The van der Waals surface area contributed by atoms with Crippen molar-refractivity contribution in [3.63, 3.8) is 0 Å². The summed E-state index contributed by atoms with van der Waals surface area (Å²) >= 11 is 0. The van der Waals surface area contributed by atoms with E-state index in [1.165, 1.54) is 0 Å². The molecule has 0 bridgehead atoms. The molecule has 3 rings (SSSR count). The largest absolute Gasteiger partial charge is 0.483 e. The van der Waals surface area contributed by atoms with E-state index in [2.05, 4.69) is 20.4 Å². The molecule has 2 aromatic heterocycles. The van der Waals surface area contributed by atoms with E-state index in [1.54, 1.807) is 18.5 Å². The quantitative estimate of drug-likeness (QED) is 0.734. The van der Waals surface area contributed by atoms with Crippen molar-refractivity contribution in [1.29, 1.82) is 0 Å². The number of benzene rings is 1. The number of carbonyl (C=O) groups excluding carboxylic acids is 1. The van der Waals surface area contributed by atoms with E-state index < -0.39 is 0 Å². The minimum absolute atomic E-state index is 0.0747. The lowest BCUT2D eigenvalue weighted by atomic mass is 10.1. The topological polar surface area (TPSA) is 90.1 Å². The van der Waals surface area contributed by atoms with Crippen molar-refractivity contribution >= 4 is 5.91 Å². The van der Waals surface area contributed by atoms with Crippen molar-refractivity contribution in [3.8, 4) is 17.1 Å². The number of aromatic nitrogens is 3. The Morgan fingerprint density at radius 3 is 2.77 bits per heavy atom. The second kappa shape index (κ2) is 7.77. The maximum Gasteiger partial charge on any atom is 0.258 e. The van der Waals surface area contributed by atoms with Crippen LogP contribution < -0.4 is 10.1 Å². The van der Waals surface area contributed by atoms with Gasteiger partial charge in [0, 0.05) is 18.0 Å². The Balaban J connectivity index is 1.54. The second-order valence-electron chi connectivity index (χ2n) is 5.97. The first-order chi connectivity index (χ1) is 12.5. The SMILES string of the molecule is Cc1ccc(C)c(OCC(=O)NCc2nc(-c3cccnc3)no2)c1C. The fraction of sp³-hybridized carbons (Fsp3) is 0.263. The molecule has 134 valence electrons. The average molecular weight is 352 g/mol. The fourth-order valence-corrected chi connectivity index (χ4v) is 2.45. The van der Waals surface area contributed by atoms with E-state index in [0.29, 0.717) is 11.7 Å². The third kappa shape index (κ3) is 4.05. The maximum absolute atomic E-state index is 12.0. The summed E-state index contributed by atoms with van der Waals surface area (Å²) < 4.78 is 10.8. The molecule has 0 unspecified atom stereocenters. The van der Waals surface area contributed by atoms with Crippen LogP contribution in [-0.2, 0) is 11.3 Å². The smallest absolute Gasteiger partial charge is 0.258 e. The zero-order valence-electron chi connectivity index (χ0n) is 14.9. The number of nitrogens with zero attached hydrogens (tertiary/aromatic N) is 3. The number of ether oxygens (including phenoxy) is 1. The standard InChI is InChI=1S/C19H20N4O3/c1-12-6-7-13(2)18(14(12)3)25-11-16(24)21-10-17-22-19(23-26-17)15-5-4-8-20-9-15/h4-9H,10-11H2,1-3H3,(H,21,24). The van der Waals surface area contributed by atoms with Crippen LogP contribution >= 0.6 is 0 Å². The summed E-state index contributed by atoms with van der Waals surface area (Å²) in [6, 6.07) is 7.64. The summed E-state index contributed by atoms with van der Waals surface area (Å²) in [5.74, 6) is 1.24. The van der Waals surface area contributed by atoms with Gasteiger partial charge in [0.05, 0.1) is 6.54 Å². The van der Waals surface area contributed by atoms with Crippen LogP contribution in [0.25, 0.3) is 11.4 Å². The highest BCUT2D eigenvalue weighted by Gasteiger charge is 2.12. The first-order valence-electron chi connectivity index (χ1n) is 8.24. The van der Waals surface area contributed by atoms with Crippen molar-refractivity contribution < 1.29 is 14.1 Å². The Morgan fingerprint density at radius 2 is 2.00 bits per heavy atom. The molecule has 1 N–H and O–H groups in total. The minimum atomic E-state index is -0.258. The van der Waals surface area contributed by atoms with Crippen LogP contribution in [-0.4, -0.2) is 27.6 Å². The molecule has 0 spiro atoms. The minimum Gasteiger partial charge on any atom is -0.483 e. The lowest BCUT2D eigenvalue weighted by Gasteiger charge is -2.13. The van der Waals surface area contributed by atoms with Crippen molar-refractivity contribution in [2.75, 3.05) is 6.61 Å². The van der Waals surface area contributed by atoms with Gasteiger partial charge < -0.3 is 14.6 Å². The Hall–Kier alpha value is -3.22. The van der Waals surface area contributed by atoms with Gasteiger partial charge in [0.2, 0.25) is 11.7 Å². The van der Waals surface area contributed by atoms with Crippen LogP contribution in [0.3, 0.4) is 0 Å². The van der Waals surface area contributed by atoms with Gasteiger partial charge in [-0.15, -0.1) is 0 Å². The molecule has 1 aromatic carbocycles. The molecular weight excluding hydrogens is 332 g/mol. The monoisotopic (exact) mass is 352 g/mol. The molecule has 7 heteroatoms. The van der Waals surface area contributed by atoms with Crippen LogP contribution in [0.15, 0.2) is 41.2 Å². The average Bonchev–Trinajstić information content (AvgIpc) is 3.13. The van der Waals surface area contributed by atoms with Crippen LogP contribution in [0.2, 0.25) is 0 Å². The molecule has 1 amide bonds. The van der Waals surface area contributed by atoms with Gasteiger partial charge in [-0.05, 0) is 49.6 Å². The number of carbonyl (C=O) groups is 1. The van der Waals surface area contributed by atoms with E-state index in [0.717, 1.165) is 28.0 Å². The number of hydrogen-bond acceptors (Lipinski definition) is 6. The summed E-state index contributed by atoms with van der Waals surface area (Å²) in [5, 5.41) is 6.59. The molecule has 0 atom stereocenters. The molecular formula is C19H20N4O3. The molecule has 0 radical (unpaired) electrons. The van der Waals surface area contributed by atoms with Gasteiger partial charge in [-0.25, -0.2) is 0 Å². The fourth-order valence-electron chi connectivity index (χ4n) is 2.45. The number of nitrogens with one attached hydrogen (secondary N) is 1. The summed E-state index contributed by atoms with van der Waals surface area (Å²) in [4.78, 5) is 20.3.